The number of hydrogen-bond acceptors (Lipinski definition) is 3. The van der Waals surface area contributed by atoms with E-state index in [1.54, 1.807) is 4.90 Å². The zero-order valence-electron chi connectivity index (χ0n) is 11.0. The molecule has 4 nitrogen and oxygen atoms in total. The van der Waals surface area contributed by atoms with Gasteiger partial charge in [0.2, 0.25) is 0 Å². The minimum Gasteiger partial charge on any atom is -0.376 e. The van der Waals surface area contributed by atoms with Crippen molar-refractivity contribution in [2.75, 3.05) is 18.1 Å². The van der Waals surface area contributed by atoms with Gasteiger partial charge < -0.3 is 9.64 Å². The van der Waals surface area contributed by atoms with E-state index in [2.05, 4.69) is 0 Å². The number of aryl methyl sites for hydroxylation is 1. The zero-order chi connectivity index (χ0) is 13.4. The second kappa shape index (κ2) is 4.78. The first-order valence-corrected chi connectivity index (χ1v) is 6.81. The number of anilines is 1. The molecule has 1 atom stereocenters. The molecular weight excluding hydrogens is 242 g/mol. The lowest BCUT2D eigenvalue weighted by molar-refractivity contribution is -0.114. The molecule has 1 unspecified atom stereocenters. The average molecular weight is 259 g/mol. The summed E-state index contributed by atoms with van der Waals surface area (Å²) in [6.45, 7) is 3.28. The van der Waals surface area contributed by atoms with Gasteiger partial charge in [-0.1, -0.05) is 13.0 Å². The van der Waals surface area contributed by atoms with E-state index in [4.69, 9.17) is 4.74 Å². The molecule has 100 valence electrons. The molecule has 0 aliphatic carbocycles. The number of Topliss-reactive ketones (excluding diaryl/α,β-unsaturated/α-hetero) is 1. The number of amides is 1. The largest absolute Gasteiger partial charge is 0.376 e. The average Bonchev–Trinajstić information content (AvgIpc) is 3.02. The van der Waals surface area contributed by atoms with Crippen molar-refractivity contribution in [2.24, 2.45) is 0 Å². The fourth-order valence-corrected chi connectivity index (χ4v) is 2.74. The van der Waals surface area contributed by atoms with Gasteiger partial charge in [0, 0.05) is 6.61 Å². The van der Waals surface area contributed by atoms with Crippen LogP contribution in [0.4, 0.5) is 5.69 Å². The van der Waals surface area contributed by atoms with Crippen molar-refractivity contribution >= 4 is 17.4 Å². The molecule has 2 heterocycles. The number of benzene rings is 1. The predicted octanol–water partition coefficient (Wildman–Crippen LogP) is 1.96. The molecule has 1 aromatic carbocycles. The van der Waals surface area contributed by atoms with Crippen molar-refractivity contribution in [3.8, 4) is 0 Å². The lowest BCUT2D eigenvalue weighted by Gasteiger charge is -2.20. The Balaban J connectivity index is 1.90. The van der Waals surface area contributed by atoms with Crippen LogP contribution in [0.15, 0.2) is 18.2 Å². The molecular formula is C15H17NO3. The van der Waals surface area contributed by atoms with Crippen LogP contribution in [0.5, 0.6) is 0 Å². The monoisotopic (exact) mass is 259 g/mol. The highest BCUT2D eigenvalue weighted by Gasteiger charge is 2.37. The Hall–Kier alpha value is -1.68. The van der Waals surface area contributed by atoms with Crippen LogP contribution < -0.4 is 4.90 Å². The van der Waals surface area contributed by atoms with Gasteiger partial charge in [-0.05, 0) is 37.0 Å². The fourth-order valence-electron chi connectivity index (χ4n) is 2.74. The quantitative estimate of drug-likeness (QED) is 0.779. The molecule has 1 aromatic rings. The van der Waals surface area contributed by atoms with E-state index in [9.17, 15) is 9.59 Å². The van der Waals surface area contributed by atoms with Crippen LogP contribution in [0.3, 0.4) is 0 Å². The van der Waals surface area contributed by atoms with Gasteiger partial charge >= 0.3 is 0 Å². The first-order chi connectivity index (χ1) is 9.20. The van der Waals surface area contributed by atoms with Gasteiger partial charge in [0.1, 0.15) is 0 Å². The number of fused-ring (bicyclic) bond motifs is 1. The second-order valence-corrected chi connectivity index (χ2v) is 5.08. The molecule has 1 amide bonds. The third-order valence-electron chi connectivity index (χ3n) is 3.85. The van der Waals surface area contributed by atoms with E-state index in [-0.39, 0.29) is 11.9 Å². The molecule has 3 rings (SSSR count). The van der Waals surface area contributed by atoms with Gasteiger partial charge in [-0.3, -0.25) is 9.59 Å². The number of ether oxygens (including phenoxy) is 1. The SMILES string of the molecule is CCc1ccc2c(c1)C(=O)C(=O)N2CC1CCCO1. The topological polar surface area (TPSA) is 46.6 Å². The van der Waals surface area contributed by atoms with Gasteiger partial charge in [0.05, 0.1) is 23.9 Å². The molecule has 0 N–H and O–H groups in total. The third-order valence-corrected chi connectivity index (χ3v) is 3.85. The molecule has 0 radical (unpaired) electrons. The van der Waals surface area contributed by atoms with Crippen LogP contribution in [0.1, 0.15) is 35.7 Å². The van der Waals surface area contributed by atoms with Crippen molar-refractivity contribution in [2.45, 2.75) is 32.3 Å². The molecule has 0 spiro atoms. The van der Waals surface area contributed by atoms with Crippen molar-refractivity contribution in [1.82, 2.24) is 0 Å². The lowest BCUT2D eigenvalue weighted by atomic mass is 10.1. The third kappa shape index (κ3) is 2.06. The minimum atomic E-state index is -0.418. The van der Waals surface area contributed by atoms with Crippen LogP contribution in [-0.4, -0.2) is 30.9 Å². The number of nitrogens with zero attached hydrogens (tertiary/aromatic N) is 1. The molecule has 19 heavy (non-hydrogen) atoms. The molecule has 0 aromatic heterocycles. The summed E-state index contributed by atoms with van der Waals surface area (Å²) in [4.78, 5) is 25.7. The Bertz CT molecular complexity index is 532. The van der Waals surface area contributed by atoms with Crippen molar-refractivity contribution in [3.63, 3.8) is 0 Å². The number of ketones is 1. The zero-order valence-corrected chi connectivity index (χ0v) is 11.0. The summed E-state index contributed by atoms with van der Waals surface area (Å²) in [5.41, 5.74) is 2.36. The molecule has 0 saturated carbocycles. The van der Waals surface area contributed by atoms with E-state index < -0.39 is 5.91 Å². The van der Waals surface area contributed by atoms with E-state index in [1.165, 1.54) is 0 Å². The number of carbonyl (C=O) groups excluding carboxylic acids is 2. The van der Waals surface area contributed by atoms with Gasteiger partial charge in [-0.25, -0.2) is 0 Å². The summed E-state index contributed by atoms with van der Waals surface area (Å²) in [6, 6.07) is 5.70. The minimum absolute atomic E-state index is 0.0635. The highest BCUT2D eigenvalue weighted by Crippen LogP contribution is 2.31. The van der Waals surface area contributed by atoms with Crippen molar-refractivity contribution < 1.29 is 14.3 Å². The van der Waals surface area contributed by atoms with Crippen LogP contribution in [0.2, 0.25) is 0 Å². The van der Waals surface area contributed by atoms with E-state index in [0.29, 0.717) is 12.1 Å². The molecule has 1 saturated heterocycles. The maximum Gasteiger partial charge on any atom is 0.299 e. The van der Waals surface area contributed by atoms with Crippen LogP contribution >= 0.6 is 0 Å². The molecule has 1 fully saturated rings. The highest BCUT2D eigenvalue weighted by atomic mass is 16.5. The van der Waals surface area contributed by atoms with Gasteiger partial charge in [-0.15, -0.1) is 0 Å². The Kier molecular flexibility index (Phi) is 3.11. The van der Waals surface area contributed by atoms with E-state index in [1.807, 2.05) is 25.1 Å². The summed E-state index contributed by atoms with van der Waals surface area (Å²) >= 11 is 0. The Morgan fingerprint density at radius 1 is 1.37 bits per heavy atom. The summed E-state index contributed by atoms with van der Waals surface area (Å²) in [7, 11) is 0. The number of carbonyl (C=O) groups is 2. The fraction of sp³-hybridized carbons (Fsp3) is 0.467. The Morgan fingerprint density at radius 2 is 2.21 bits per heavy atom. The maximum absolute atomic E-state index is 12.1. The summed E-state index contributed by atoms with van der Waals surface area (Å²) in [5.74, 6) is -0.804. The molecule has 0 bridgehead atoms. The van der Waals surface area contributed by atoms with Crippen molar-refractivity contribution in [1.29, 1.82) is 0 Å². The second-order valence-electron chi connectivity index (χ2n) is 5.08. The van der Waals surface area contributed by atoms with E-state index in [0.717, 1.165) is 37.1 Å². The number of rotatable bonds is 3. The predicted molar refractivity (Wildman–Crippen MR) is 71.5 cm³/mol. The first kappa shape index (κ1) is 12.4. The van der Waals surface area contributed by atoms with Crippen molar-refractivity contribution in [3.05, 3.63) is 29.3 Å². The molecule has 2 aliphatic rings. The van der Waals surface area contributed by atoms with E-state index >= 15 is 0 Å². The maximum atomic E-state index is 12.1. The normalized spacial score (nSPS) is 22.2. The Labute approximate surface area is 112 Å². The smallest absolute Gasteiger partial charge is 0.299 e. The van der Waals surface area contributed by atoms with Crippen LogP contribution in [-0.2, 0) is 16.0 Å². The number of hydrogen-bond donors (Lipinski definition) is 0. The Morgan fingerprint density at radius 3 is 2.89 bits per heavy atom. The molecule has 4 heteroatoms. The van der Waals surface area contributed by atoms with Gasteiger partial charge in [0.25, 0.3) is 11.7 Å². The first-order valence-electron chi connectivity index (χ1n) is 6.81. The summed E-state index contributed by atoms with van der Waals surface area (Å²) in [6.07, 6.45) is 2.91. The van der Waals surface area contributed by atoms with Gasteiger partial charge in [-0.2, -0.15) is 0 Å². The summed E-state index contributed by atoms with van der Waals surface area (Å²) < 4.78 is 5.55. The lowest BCUT2D eigenvalue weighted by Crippen LogP contribution is -2.36. The summed E-state index contributed by atoms with van der Waals surface area (Å²) in [5, 5.41) is 0. The highest BCUT2D eigenvalue weighted by molar-refractivity contribution is 6.52. The van der Waals surface area contributed by atoms with Gasteiger partial charge in [0.15, 0.2) is 0 Å². The van der Waals surface area contributed by atoms with Crippen LogP contribution in [0.25, 0.3) is 0 Å². The molecule has 2 aliphatic heterocycles. The van der Waals surface area contributed by atoms with Crippen LogP contribution in [0, 0.1) is 0 Å². The standard InChI is InChI=1S/C15H17NO3/c1-2-10-5-6-13-12(8-10)14(17)15(18)16(13)9-11-4-3-7-19-11/h5-6,8,11H,2-4,7,9H2,1H3.